The number of anilines is 1. The molecule has 1 saturated carbocycles. The number of carbonyl (C=O) groups is 1. The molecule has 7 rings (SSSR count). The number of rotatable bonds is 6. The Hall–Kier alpha value is -4.79. The molecule has 0 unspecified atom stereocenters. The van der Waals surface area contributed by atoms with Gasteiger partial charge in [0.1, 0.15) is 11.2 Å². The third kappa shape index (κ3) is 4.25. The second-order valence-corrected chi connectivity index (χ2v) is 10.1. The molecule has 39 heavy (non-hydrogen) atoms. The molecule has 1 aliphatic carbocycles. The summed E-state index contributed by atoms with van der Waals surface area (Å²) in [7, 11) is 0. The third-order valence-corrected chi connectivity index (χ3v) is 7.60. The molecule has 5 heterocycles. The average Bonchev–Trinajstić information content (AvgIpc) is 3.78. The molecule has 9 heteroatoms. The summed E-state index contributed by atoms with van der Waals surface area (Å²) in [6.07, 6.45) is 13.7. The molecule has 0 atom stereocenters. The molecule has 1 aliphatic rings. The molecular weight excluding hydrogens is 490 g/mol. The fourth-order valence-corrected chi connectivity index (χ4v) is 5.49. The van der Waals surface area contributed by atoms with Crippen LogP contribution < -0.4 is 5.32 Å². The zero-order valence-corrected chi connectivity index (χ0v) is 21.5. The molecule has 194 valence electrons. The van der Waals surface area contributed by atoms with Crippen molar-refractivity contribution >= 4 is 33.7 Å². The van der Waals surface area contributed by atoms with Crippen LogP contribution in [0.15, 0.2) is 65.9 Å². The minimum atomic E-state index is 0.110. The topological polar surface area (TPSA) is 125 Å². The molecule has 3 N–H and O–H groups in total. The first-order valence-electron chi connectivity index (χ1n) is 13.3. The fraction of sp³-hybridized carbons (Fsp3) is 0.233. The van der Waals surface area contributed by atoms with Crippen LogP contribution in [0, 0.1) is 5.92 Å². The van der Waals surface area contributed by atoms with Gasteiger partial charge < -0.3 is 14.7 Å². The lowest BCUT2D eigenvalue weighted by Crippen LogP contribution is -2.20. The van der Waals surface area contributed by atoms with Crippen LogP contribution in [-0.4, -0.2) is 36.0 Å². The van der Waals surface area contributed by atoms with Gasteiger partial charge in [0.05, 0.1) is 29.6 Å². The lowest BCUT2D eigenvalue weighted by atomic mass is 10.0. The summed E-state index contributed by atoms with van der Waals surface area (Å²) in [6.45, 7) is 2.12. The van der Waals surface area contributed by atoms with Gasteiger partial charge in [0.2, 0.25) is 5.91 Å². The Morgan fingerprint density at radius 1 is 1.08 bits per heavy atom. The van der Waals surface area contributed by atoms with E-state index in [4.69, 9.17) is 9.40 Å². The van der Waals surface area contributed by atoms with Gasteiger partial charge in [-0.1, -0.05) is 25.8 Å². The summed E-state index contributed by atoms with van der Waals surface area (Å²) in [5.41, 5.74) is 8.66. The van der Waals surface area contributed by atoms with E-state index in [0.29, 0.717) is 11.5 Å². The summed E-state index contributed by atoms with van der Waals surface area (Å²) in [4.78, 5) is 30.1. The van der Waals surface area contributed by atoms with E-state index in [1.807, 2.05) is 18.3 Å². The van der Waals surface area contributed by atoms with Crippen molar-refractivity contribution in [3.05, 3.63) is 67.0 Å². The number of imidazole rings is 1. The van der Waals surface area contributed by atoms with Crippen LogP contribution in [0.2, 0.25) is 0 Å². The summed E-state index contributed by atoms with van der Waals surface area (Å²) < 4.78 is 5.27. The number of aromatic amines is 2. The van der Waals surface area contributed by atoms with Gasteiger partial charge in [0, 0.05) is 40.7 Å². The van der Waals surface area contributed by atoms with Crippen LogP contribution >= 0.6 is 0 Å². The number of carbonyl (C=O) groups excluding carboxylic acids is 1. The molecule has 9 nitrogen and oxygen atoms in total. The first kappa shape index (κ1) is 23.3. The van der Waals surface area contributed by atoms with E-state index in [9.17, 15) is 4.79 Å². The summed E-state index contributed by atoms with van der Waals surface area (Å²) in [5.74, 6) is 0.876. The van der Waals surface area contributed by atoms with Crippen LogP contribution in [0.3, 0.4) is 0 Å². The molecule has 1 aromatic carbocycles. The minimum Gasteiger partial charge on any atom is -0.472 e. The van der Waals surface area contributed by atoms with Crippen molar-refractivity contribution in [2.24, 2.45) is 5.92 Å². The van der Waals surface area contributed by atoms with Crippen LogP contribution in [-0.2, 0) is 11.2 Å². The molecule has 5 aromatic heterocycles. The summed E-state index contributed by atoms with van der Waals surface area (Å²) >= 11 is 0. The van der Waals surface area contributed by atoms with Crippen molar-refractivity contribution in [2.45, 2.75) is 39.0 Å². The average molecular weight is 518 g/mol. The number of fused-ring (bicyclic) bond motifs is 2. The highest BCUT2D eigenvalue weighted by atomic mass is 16.3. The van der Waals surface area contributed by atoms with Gasteiger partial charge in [-0.2, -0.15) is 5.10 Å². The molecule has 0 radical (unpaired) electrons. The Morgan fingerprint density at radius 2 is 1.97 bits per heavy atom. The summed E-state index contributed by atoms with van der Waals surface area (Å²) in [5, 5.41) is 11.6. The van der Waals surface area contributed by atoms with Gasteiger partial charge in [-0.05, 0) is 54.7 Å². The lowest BCUT2D eigenvalue weighted by Gasteiger charge is -2.13. The molecule has 0 bridgehead atoms. The smallest absolute Gasteiger partial charge is 0.227 e. The number of aryl methyl sites for hydroxylation is 1. The van der Waals surface area contributed by atoms with Crippen molar-refractivity contribution in [1.82, 2.24) is 30.1 Å². The van der Waals surface area contributed by atoms with Gasteiger partial charge in [0.15, 0.2) is 11.5 Å². The fourth-order valence-electron chi connectivity index (χ4n) is 5.49. The molecule has 0 spiro atoms. The second kappa shape index (κ2) is 9.50. The number of aromatic nitrogens is 6. The van der Waals surface area contributed by atoms with Crippen molar-refractivity contribution < 1.29 is 9.21 Å². The third-order valence-electron chi connectivity index (χ3n) is 7.60. The van der Waals surface area contributed by atoms with E-state index in [1.54, 1.807) is 24.9 Å². The minimum absolute atomic E-state index is 0.110. The number of nitrogens with one attached hydrogen (secondary N) is 3. The monoisotopic (exact) mass is 517 g/mol. The van der Waals surface area contributed by atoms with Gasteiger partial charge in [-0.15, -0.1) is 0 Å². The maximum absolute atomic E-state index is 12.8. The highest BCUT2D eigenvalue weighted by molar-refractivity contribution is 5.97. The number of nitrogens with zero attached hydrogens (tertiary/aromatic N) is 4. The predicted octanol–water partition coefficient (Wildman–Crippen LogP) is 6.51. The number of amides is 1. The van der Waals surface area contributed by atoms with Crippen LogP contribution in [0.1, 0.15) is 38.2 Å². The quantitative estimate of drug-likeness (QED) is 0.231. The Kier molecular flexibility index (Phi) is 5.69. The van der Waals surface area contributed by atoms with Crippen molar-refractivity contribution in [3.63, 3.8) is 0 Å². The molecular formula is C30H27N7O2. The molecule has 0 saturated heterocycles. The number of H-pyrrole nitrogens is 2. The van der Waals surface area contributed by atoms with Crippen LogP contribution in [0.5, 0.6) is 0 Å². The standard InChI is InChI=1S/C30H27N7O2/c1-2-17-9-20(11-22(10-17)33-30(38)18-5-3-4-6-18)21-12-23-27(36-37-28(23)32-13-21)29-34-25-15-31-14-24(26(25)35-29)19-7-8-39-16-19/h7-16,18H,2-6H2,1H3,(H,33,38)(H,34,35)(H,32,36,37). The van der Waals surface area contributed by atoms with E-state index in [2.05, 4.69) is 55.6 Å². The zero-order chi connectivity index (χ0) is 26.3. The highest BCUT2D eigenvalue weighted by Gasteiger charge is 2.23. The van der Waals surface area contributed by atoms with Crippen LogP contribution in [0.4, 0.5) is 5.69 Å². The maximum Gasteiger partial charge on any atom is 0.227 e. The highest BCUT2D eigenvalue weighted by Crippen LogP contribution is 2.33. The number of hydrogen-bond donors (Lipinski definition) is 3. The van der Waals surface area contributed by atoms with Crippen LogP contribution in [0.25, 0.3) is 55.8 Å². The second-order valence-electron chi connectivity index (χ2n) is 10.1. The van der Waals surface area contributed by atoms with E-state index in [1.165, 1.54) is 0 Å². The Balaban J connectivity index is 1.27. The van der Waals surface area contributed by atoms with E-state index in [-0.39, 0.29) is 11.8 Å². The molecule has 1 amide bonds. The van der Waals surface area contributed by atoms with Gasteiger partial charge in [-0.25, -0.2) is 9.97 Å². The zero-order valence-electron chi connectivity index (χ0n) is 21.5. The Morgan fingerprint density at radius 3 is 2.79 bits per heavy atom. The van der Waals surface area contributed by atoms with Crippen molar-refractivity contribution in [1.29, 1.82) is 0 Å². The van der Waals surface area contributed by atoms with E-state index >= 15 is 0 Å². The Labute approximate surface area is 224 Å². The number of hydrogen-bond acceptors (Lipinski definition) is 6. The maximum atomic E-state index is 12.8. The predicted molar refractivity (Wildman–Crippen MR) is 150 cm³/mol. The SMILES string of the molecule is CCc1cc(NC(=O)C2CCCC2)cc(-c2cnc3n[nH]c(-c4nc5c(-c6ccoc6)cncc5[nH]4)c3c2)c1. The van der Waals surface area contributed by atoms with Gasteiger partial charge in [0.25, 0.3) is 0 Å². The largest absolute Gasteiger partial charge is 0.472 e. The molecule has 6 aromatic rings. The molecule has 0 aliphatic heterocycles. The van der Waals surface area contributed by atoms with Crippen molar-refractivity contribution in [3.8, 4) is 33.8 Å². The van der Waals surface area contributed by atoms with Crippen molar-refractivity contribution in [2.75, 3.05) is 5.32 Å². The van der Waals surface area contributed by atoms with Gasteiger partial charge in [-0.3, -0.25) is 14.9 Å². The number of pyridine rings is 2. The van der Waals surface area contributed by atoms with E-state index in [0.717, 1.165) is 87.7 Å². The normalized spacial score (nSPS) is 14.0. The number of furan rings is 1. The summed E-state index contributed by atoms with van der Waals surface area (Å²) in [6, 6.07) is 10.2. The lowest BCUT2D eigenvalue weighted by molar-refractivity contribution is -0.119. The number of benzene rings is 1. The molecule has 1 fully saturated rings. The van der Waals surface area contributed by atoms with Gasteiger partial charge >= 0.3 is 0 Å². The van der Waals surface area contributed by atoms with E-state index < -0.39 is 0 Å². The first-order chi connectivity index (χ1) is 19.2. The Bertz CT molecular complexity index is 1810. The first-order valence-corrected chi connectivity index (χ1v) is 13.3.